The Morgan fingerprint density at radius 1 is 1.12 bits per heavy atom. The van der Waals surface area contributed by atoms with E-state index in [4.69, 9.17) is 0 Å². The van der Waals surface area contributed by atoms with E-state index in [1.165, 1.54) is 24.6 Å². The standard InChI is InChI=1S/C15H12N6O3S/c1-9(22)10-2-4-11(5-3-10)19-13-12(21(23)24)14(18-8-17-13)20-15-16-6-7-25-15/h2-8H,1H3,(H2,16,17,18,19,20). The van der Waals surface area contributed by atoms with Crippen LogP contribution in [-0.2, 0) is 0 Å². The maximum Gasteiger partial charge on any atom is 0.353 e. The topological polar surface area (TPSA) is 123 Å². The minimum absolute atomic E-state index is 0.0367. The van der Waals surface area contributed by atoms with E-state index in [1.807, 2.05) is 0 Å². The molecule has 126 valence electrons. The van der Waals surface area contributed by atoms with Crippen molar-refractivity contribution in [3.8, 4) is 0 Å². The highest BCUT2D eigenvalue weighted by Gasteiger charge is 2.23. The van der Waals surface area contributed by atoms with E-state index in [9.17, 15) is 14.9 Å². The maximum atomic E-state index is 11.5. The van der Waals surface area contributed by atoms with E-state index in [0.717, 1.165) is 0 Å². The number of benzene rings is 1. The quantitative estimate of drug-likeness (QED) is 0.390. The molecule has 2 N–H and O–H groups in total. The van der Waals surface area contributed by atoms with Crippen LogP contribution in [0, 0.1) is 10.1 Å². The molecule has 0 amide bonds. The zero-order valence-corrected chi connectivity index (χ0v) is 13.8. The van der Waals surface area contributed by atoms with Crippen molar-refractivity contribution in [2.75, 3.05) is 10.6 Å². The number of nitrogens with one attached hydrogen (secondary N) is 2. The first-order valence-electron chi connectivity index (χ1n) is 7.08. The summed E-state index contributed by atoms with van der Waals surface area (Å²) in [6, 6.07) is 6.56. The fourth-order valence-electron chi connectivity index (χ4n) is 2.05. The molecule has 0 unspecified atom stereocenters. The van der Waals surface area contributed by atoms with Gasteiger partial charge in [0, 0.05) is 22.8 Å². The second-order valence-corrected chi connectivity index (χ2v) is 5.79. The van der Waals surface area contributed by atoms with Crippen molar-refractivity contribution in [1.29, 1.82) is 0 Å². The summed E-state index contributed by atoms with van der Waals surface area (Å²) in [4.78, 5) is 34.1. The van der Waals surface area contributed by atoms with Crippen molar-refractivity contribution in [3.05, 3.63) is 57.8 Å². The zero-order valence-electron chi connectivity index (χ0n) is 13.0. The third-order valence-electron chi connectivity index (χ3n) is 3.22. The van der Waals surface area contributed by atoms with Crippen molar-refractivity contribution in [3.63, 3.8) is 0 Å². The Balaban J connectivity index is 1.92. The van der Waals surface area contributed by atoms with E-state index in [1.54, 1.807) is 35.8 Å². The Hall–Kier alpha value is -3.40. The lowest BCUT2D eigenvalue weighted by Crippen LogP contribution is -2.05. The first-order valence-corrected chi connectivity index (χ1v) is 7.96. The molecule has 0 radical (unpaired) electrons. The lowest BCUT2D eigenvalue weighted by Gasteiger charge is -2.09. The van der Waals surface area contributed by atoms with Gasteiger partial charge in [-0.1, -0.05) is 0 Å². The van der Waals surface area contributed by atoms with Crippen LogP contribution in [0.2, 0.25) is 0 Å². The molecule has 2 aromatic heterocycles. The van der Waals surface area contributed by atoms with Gasteiger partial charge < -0.3 is 10.6 Å². The van der Waals surface area contributed by atoms with Crippen molar-refractivity contribution >= 4 is 45.3 Å². The molecular formula is C15H12N6O3S. The Morgan fingerprint density at radius 2 is 1.80 bits per heavy atom. The summed E-state index contributed by atoms with van der Waals surface area (Å²) in [5.41, 5.74) is 0.814. The van der Waals surface area contributed by atoms with Crippen LogP contribution < -0.4 is 10.6 Å². The molecule has 0 aliphatic heterocycles. The number of anilines is 4. The smallest absolute Gasteiger partial charge is 0.334 e. The van der Waals surface area contributed by atoms with Gasteiger partial charge in [0.25, 0.3) is 0 Å². The number of nitrogens with zero attached hydrogens (tertiary/aromatic N) is 4. The Bertz CT molecular complexity index is 912. The number of carbonyl (C=O) groups excluding carboxylic acids is 1. The molecule has 1 aromatic carbocycles. The van der Waals surface area contributed by atoms with E-state index in [0.29, 0.717) is 16.4 Å². The number of carbonyl (C=O) groups is 1. The molecule has 0 fully saturated rings. The number of rotatable bonds is 6. The van der Waals surface area contributed by atoms with Gasteiger partial charge in [-0.05, 0) is 31.2 Å². The highest BCUT2D eigenvalue weighted by atomic mass is 32.1. The van der Waals surface area contributed by atoms with Crippen LogP contribution in [0.25, 0.3) is 0 Å². The molecule has 0 saturated carbocycles. The van der Waals surface area contributed by atoms with Crippen molar-refractivity contribution in [1.82, 2.24) is 15.0 Å². The fraction of sp³-hybridized carbons (Fsp3) is 0.0667. The van der Waals surface area contributed by atoms with E-state index in [2.05, 4.69) is 25.6 Å². The van der Waals surface area contributed by atoms with E-state index < -0.39 is 4.92 Å². The summed E-state index contributed by atoms with van der Waals surface area (Å²) >= 11 is 1.29. The van der Waals surface area contributed by atoms with Crippen LogP contribution in [0.15, 0.2) is 42.2 Å². The van der Waals surface area contributed by atoms with Gasteiger partial charge in [-0.2, -0.15) is 0 Å². The van der Waals surface area contributed by atoms with Gasteiger partial charge in [0.15, 0.2) is 10.9 Å². The van der Waals surface area contributed by atoms with Gasteiger partial charge in [0.05, 0.1) is 4.92 Å². The fourth-order valence-corrected chi connectivity index (χ4v) is 2.57. The van der Waals surface area contributed by atoms with Gasteiger partial charge >= 0.3 is 5.69 Å². The second-order valence-electron chi connectivity index (χ2n) is 4.90. The predicted octanol–water partition coefficient (Wildman–Crippen LogP) is 3.53. The molecule has 0 atom stereocenters. The molecule has 0 spiro atoms. The summed E-state index contributed by atoms with van der Waals surface area (Å²) < 4.78 is 0. The normalized spacial score (nSPS) is 10.3. The van der Waals surface area contributed by atoms with E-state index >= 15 is 0 Å². The van der Waals surface area contributed by atoms with Gasteiger partial charge in [-0.15, -0.1) is 11.3 Å². The molecule has 25 heavy (non-hydrogen) atoms. The summed E-state index contributed by atoms with van der Waals surface area (Å²) in [5.74, 6) is 0.0157. The second kappa shape index (κ2) is 7.01. The number of hydrogen-bond donors (Lipinski definition) is 2. The predicted molar refractivity (Wildman–Crippen MR) is 93.8 cm³/mol. The highest BCUT2D eigenvalue weighted by molar-refractivity contribution is 7.13. The molecule has 9 nitrogen and oxygen atoms in total. The first-order chi connectivity index (χ1) is 12.0. The lowest BCUT2D eigenvalue weighted by atomic mass is 10.1. The average molecular weight is 356 g/mol. The van der Waals surface area contributed by atoms with Gasteiger partial charge in [0.2, 0.25) is 11.6 Å². The Morgan fingerprint density at radius 3 is 2.36 bits per heavy atom. The molecule has 0 aliphatic carbocycles. The lowest BCUT2D eigenvalue weighted by molar-refractivity contribution is -0.383. The van der Waals surface area contributed by atoms with Crippen molar-refractivity contribution in [2.24, 2.45) is 0 Å². The molecule has 10 heteroatoms. The van der Waals surface area contributed by atoms with Crippen LogP contribution >= 0.6 is 11.3 Å². The number of ketones is 1. The SMILES string of the molecule is CC(=O)c1ccc(Nc2ncnc(Nc3nccs3)c2[N+](=O)[O-])cc1. The number of thiazole rings is 1. The molecule has 0 saturated heterocycles. The van der Waals surface area contributed by atoms with Gasteiger partial charge in [0.1, 0.15) is 6.33 Å². The van der Waals surface area contributed by atoms with Crippen LogP contribution in [-0.4, -0.2) is 25.7 Å². The third-order valence-corrected chi connectivity index (χ3v) is 3.91. The van der Waals surface area contributed by atoms with Crippen molar-refractivity contribution in [2.45, 2.75) is 6.92 Å². The molecular weight excluding hydrogens is 344 g/mol. The van der Waals surface area contributed by atoms with E-state index in [-0.39, 0.29) is 23.1 Å². The molecule has 2 heterocycles. The number of nitro groups is 1. The minimum atomic E-state index is -0.567. The number of hydrogen-bond acceptors (Lipinski definition) is 9. The number of aromatic nitrogens is 3. The third kappa shape index (κ3) is 3.75. The molecule has 3 aromatic rings. The van der Waals surface area contributed by atoms with Gasteiger partial charge in [-0.3, -0.25) is 14.9 Å². The van der Waals surface area contributed by atoms with Crippen LogP contribution in [0.1, 0.15) is 17.3 Å². The number of Topliss-reactive ketones (excluding diaryl/α,β-unsaturated/α-hetero) is 1. The average Bonchev–Trinajstić information content (AvgIpc) is 3.08. The summed E-state index contributed by atoms with van der Waals surface area (Å²) in [6.07, 6.45) is 2.80. The van der Waals surface area contributed by atoms with Crippen LogP contribution in [0.4, 0.5) is 28.1 Å². The maximum absolute atomic E-state index is 11.5. The highest BCUT2D eigenvalue weighted by Crippen LogP contribution is 2.33. The molecule has 0 aliphatic rings. The van der Waals surface area contributed by atoms with Crippen LogP contribution in [0.5, 0.6) is 0 Å². The van der Waals surface area contributed by atoms with Crippen LogP contribution in [0.3, 0.4) is 0 Å². The largest absolute Gasteiger partial charge is 0.353 e. The van der Waals surface area contributed by atoms with Gasteiger partial charge in [-0.25, -0.2) is 15.0 Å². The monoisotopic (exact) mass is 356 g/mol. The summed E-state index contributed by atoms with van der Waals surface area (Å²) in [5, 5.41) is 19.4. The zero-order chi connectivity index (χ0) is 17.8. The Labute approximate surface area is 145 Å². The minimum Gasteiger partial charge on any atom is -0.334 e. The summed E-state index contributed by atoms with van der Waals surface area (Å²) in [6.45, 7) is 1.47. The first kappa shape index (κ1) is 16.5. The summed E-state index contributed by atoms with van der Waals surface area (Å²) in [7, 11) is 0. The van der Waals surface area contributed by atoms with Crippen molar-refractivity contribution < 1.29 is 9.72 Å². The molecule has 3 rings (SSSR count). The Kier molecular flexibility index (Phi) is 4.61. The molecule has 0 bridgehead atoms.